The van der Waals surface area contributed by atoms with Crippen molar-refractivity contribution in [2.45, 2.75) is 12.8 Å². The number of anilines is 1. The predicted molar refractivity (Wildman–Crippen MR) is 68.5 cm³/mol. The summed E-state index contributed by atoms with van der Waals surface area (Å²) in [5.41, 5.74) is 3.11. The van der Waals surface area contributed by atoms with Crippen molar-refractivity contribution in [3.05, 3.63) is 65.9 Å². The second-order valence-electron chi connectivity index (χ2n) is 4.19. The van der Waals surface area contributed by atoms with Crippen molar-refractivity contribution in [3.63, 3.8) is 0 Å². The summed E-state index contributed by atoms with van der Waals surface area (Å²) in [4.78, 5) is 13.9. The molecule has 0 unspecified atom stereocenters. The number of rotatable bonds is 1. The minimum absolute atomic E-state index is 0.156. The molecular weight excluding hydrogens is 210 g/mol. The van der Waals surface area contributed by atoms with Gasteiger partial charge in [0.2, 0.25) is 5.91 Å². The van der Waals surface area contributed by atoms with Crippen LogP contribution in [-0.4, -0.2) is 5.91 Å². The molecule has 1 heterocycles. The van der Waals surface area contributed by atoms with E-state index in [0.29, 0.717) is 6.42 Å². The van der Waals surface area contributed by atoms with Crippen LogP contribution in [-0.2, 0) is 4.79 Å². The summed E-state index contributed by atoms with van der Waals surface area (Å²) in [7, 11) is 0. The van der Waals surface area contributed by atoms with Crippen molar-refractivity contribution in [1.29, 1.82) is 0 Å². The van der Waals surface area contributed by atoms with Crippen LogP contribution < -0.4 is 4.90 Å². The van der Waals surface area contributed by atoms with Crippen LogP contribution in [0.15, 0.2) is 65.9 Å². The maximum Gasteiger partial charge on any atom is 0.236 e. The van der Waals surface area contributed by atoms with E-state index in [0.717, 1.165) is 23.4 Å². The molecule has 3 rings (SSSR count). The largest absolute Gasteiger partial charge is 0.281 e. The molecule has 2 nitrogen and oxygen atoms in total. The Kier molecular flexibility index (Phi) is 2.41. The number of carbonyl (C=O) groups is 1. The van der Waals surface area contributed by atoms with E-state index in [1.807, 2.05) is 47.4 Å². The summed E-state index contributed by atoms with van der Waals surface area (Å²) in [5.74, 6) is 0.156. The lowest BCUT2D eigenvalue weighted by Crippen LogP contribution is -2.22. The van der Waals surface area contributed by atoms with Gasteiger partial charge in [-0.05, 0) is 30.2 Å². The SMILES string of the molecule is O=C1CC2=CCC=CC=C2N1c1ccccc1. The second-order valence-corrected chi connectivity index (χ2v) is 4.19. The summed E-state index contributed by atoms with van der Waals surface area (Å²) in [6.45, 7) is 0. The Balaban J connectivity index is 2.08. The monoisotopic (exact) mass is 223 g/mol. The average Bonchev–Trinajstić information content (AvgIpc) is 2.52. The van der Waals surface area contributed by atoms with Crippen LogP contribution in [0.1, 0.15) is 12.8 Å². The van der Waals surface area contributed by atoms with E-state index in [4.69, 9.17) is 0 Å². The molecule has 1 amide bonds. The molecule has 1 aliphatic carbocycles. The number of amides is 1. The van der Waals surface area contributed by atoms with E-state index in [9.17, 15) is 4.79 Å². The maximum atomic E-state index is 12.1. The number of benzene rings is 1. The van der Waals surface area contributed by atoms with Crippen molar-refractivity contribution < 1.29 is 4.79 Å². The molecule has 2 heteroatoms. The molecule has 1 aromatic carbocycles. The van der Waals surface area contributed by atoms with Gasteiger partial charge in [0.1, 0.15) is 0 Å². The third-order valence-corrected chi connectivity index (χ3v) is 3.07. The first-order valence-corrected chi connectivity index (χ1v) is 5.80. The summed E-state index contributed by atoms with van der Waals surface area (Å²) < 4.78 is 0. The number of para-hydroxylation sites is 1. The molecule has 84 valence electrons. The number of carbonyl (C=O) groups excluding carboxylic acids is 1. The molecule has 0 saturated carbocycles. The zero-order chi connectivity index (χ0) is 11.7. The zero-order valence-electron chi connectivity index (χ0n) is 9.47. The van der Waals surface area contributed by atoms with Gasteiger partial charge in [-0.15, -0.1) is 0 Å². The quantitative estimate of drug-likeness (QED) is 0.716. The third-order valence-electron chi connectivity index (χ3n) is 3.07. The van der Waals surface area contributed by atoms with Crippen LogP contribution in [0, 0.1) is 0 Å². The topological polar surface area (TPSA) is 20.3 Å². The molecule has 0 atom stereocenters. The van der Waals surface area contributed by atoms with Gasteiger partial charge in [-0.2, -0.15) is 0 Å². The lowest BCUT2D eigenvalue weighted by Gasteiger charge is -2.17. The molecule has 1 aromatic rings. The minimum Gasteiger partial charge on any atom is -0.281 e. The summed E-state index contributed by atoms with van der Waals surface area (Å²) >= 11 is 0. The van der Waals surface area contributed by atoms with Crippen LogP contribution in [0.5, 0.6) is 0 Å². The van der Waals surface area contributed by atoms with Crippen LogP contribution >= 0.6 is 0 Å². The van der Waals surface area contributed by atoms with Gasteiger partial charge >= 0.3 is 0 Å². The van der Waals surface area contributed by atoms with Crippen molar-refractivity contribution in [2.75, 3.05) is 4.90 Å². The van der Waals surface area contributed by atoms with Gasteiger partial charge in [-0.3, -0.25) is 9.69 Å². The molecule has 1 fully saturated rings. The molecule has 0 N–H and O–H groups in total. The van der Waals surface area contributed by atoms with Crippen molar-refractivity contribution in [3.8, 4) is 0 Å². The number of hydrogen-bond donors (Lipinski definition) is 0. The number of allylic oxidation sites excluding steroid dienone is 5. The third kappa shape index (κ3) is 1.72. The molecule has 0 radical (unpaired) electrons. The second kappa shape index (κ2) is 4.06. The first-order chi connectivity index (χ1) is 8.36. The Morgan fingerprint density at radius 2 is 1.94 bits per heavy atom. The molecule has 17 heavy (non-hydrogen) atoms. The van der Waals surface area contributed by atoms with Gasteiger partial charge in [0, 0.05) is 5.69 Å². The van der Waals surface area contributed by atoms with Crippen molar-refractivity contribution >= 4 is 11.6 Å². The number of nitrogens with zero attached hydrogens (tertiary/aromatic N) is 1. The Morgan fingerprint density at radius 3 is 2.76 bits per heavy atom. The van der Waals surface area contributed by atoms with E-state index in [-0.39, 0.29) is 5.91 Å². The standard InChI is InChI=1S/C15H13NO/c17-15-11-12-7-3-1-6-10-14(12)16(15)13-8-4-2-5-9-13/h1-2,4-10H,3,11H2. The Bertz CT molecular complexity index is 537. The average molecular weight is 223 g/mol. The van der Waals surface area contributed by atoms with E-state index in [1.165, 1.54) is 0 Å². The van der Waals surface area contributed by atoms with E-state index in [1.54, 1.807) is 0 Å². The van der Waals surface area contributed by atoms with Gasteiger partial charge < -0.3 is 0 Å². The highest BCUT2D eigenvalue weighted by Gasteiger charge is 2.30. The fourth-order valence-corrected chi connectivity index (χ4v) is 2.28. The fraction of sp³-hybridized carbons (Fsp3) is 0.133. The highest BCUT2D eigenvalue weighted by Crippen LogP contribution is 2.34. The Morgan fingerprint density at radius 1 is 1.12 bits per heavy atom. The molecule has 1 aliphatic heterocycles. The van der Waals surface area contributed by atoms with Gasteiger partial charge in [0.25, 0.3) is 0 Å². The fourth-order valence-electron chi connectivity index (χ4n) is 2.28. The Labute approximate surface area is 101 Å². The van der Waals surface area contributed by atoms with Crippen LogP contribution in [0.25, 0.3) is 0 Å². The van der Waals surface area contributed by atoms with Crippen molar-refractivity contribution in [1.82, 2.24) is 0 Å². The first kappa shape index (κ1) is 10.1. The molecule has 1 saturated heterocycles. The van der Waals surface area contributed by atoms with Crippen LogP contribution in [0.4, 0.5) is 5.69 Å². The van der Waals surface area contributed by atoms with E-state index in [2.05, 4.69) is 12.2 Å². The molecule has 0 aromatic heterocycles. The number of hydrogen-bond acceptors (Lipinski definition) is 1. The predicted octanol–water partition coefficient (Wildman–Crippen LogP) is 3.19. The summed E-state index contributed by atoms with van der Waals surface area (Å²) in [6, 6.07) is 9.81. The normalized spacial score (nSPS) is 18.6. The smallest absolute Gasteiger partial charge is 0.236 e. The minimum atomic E-state index is 0.156. The summed E-state index contributed by atoms with van der Waals surface area (Å²) in [6.07, 6.45) is 9.71. The lowest BCUT2D eigenvalue weighted by atomic mass is 10.1. The van der Waals surface area contributed by atoms with E-state index >= 15 is 0 Å². The van der Waals surface area contributed by atoms with E-state index < -0.39 is 0 Å². The number of fused-ring (bicyclic) bond motifs is 1. The van der Waals surface area contributed by atoms with Gasteiger partial charge in [0.15, 0.2) is 0 Å². The highest BCUT2D eigenvalue weighted by molar-refractivity contribution is 6.03. The van der Waals surface area contributed by atoms with Gasteiger partial charge in [0.05, 0.1) is 12.1 Å². The van der Waals surface area contributed by atoms with Gasteiger partial charge in [-0.25, -0.2) is 0 Å². The van der Waals surface area contributed by atoms with Crippen molar-refractivity contribution in [2.24, 2.45) is 0 Å². The Hall–Kier alpha value is -2.09. The zero-order valence-corrected chi connectivity index (χ0v) is 9.47. The molecule has 0 bridgehead atoms. The summed E-state index contributed by atoms with van der Waals surface area (Å²) in [5, 5.41) is 0. The van der Waals surface area contributed by atoms with Crippen LogP contribution in [0.2, 0.25) is 0 Å². The lowest BCUT2D eigenvalue weighted by molar-refractivity contribution is -0.116. The highest BCUT2D eigenvalue weighted by atomic mass is 16.2. The molecule has 0 spiro atoms. The molecular formula is C15H13NO. The van der Waals surface area contributed by atoms with Gasteiger partial charge in [-0.1, -0.05) is 36.4 Å². The molecule has 2 aliphatic rings. The van der Waals surface area contributed by atoms with Crippen LogP contribution in [0.3, 0.4) is 0 Å². The maximum absolute atomic E-state index is 12.1. The first-order valence-electron chi connectivity index (χ1n) is 5.80.